The van der Waals surface area contributed by atoms with Crippen LogP contribution < -0.4 is 5.84 Å². The zero-order valence-corrected chi connectivity index (χ0v) is 8.42. The lowest BCUT2D eigenvalue weighted by Crippen LogP contribution is -2.19. The van der Waals surface area contributed by atoms with Crippen molar-refractivity contribution in [1.82, 2.24) is 0 Å². The first kappa shape index (κ1) is 15.4. The molecule has 0 radical (unpaired) electrons. The quantitative estimate of drug-likeness (QED) is 0.162. The molecule has 0 aromatic carbocycles. The number of aliphatic hydroxyl groups is 2. The lowest BCUT2D eigenvalue weighted by Gasteiger charge is -2.10. The summed E-state index contributed by atoms with van der Waals surface area (Å²) in [5.74, 6) is 4.49. The molecule has 84 valence electrons. The van der Waals surface area contributed by atoms with Crippen LogP contribution in [0.3, 0.4) is 0 Å². The summed E-state index contributed by atoms with van der Waals surface area (Å²) in [5.41, 5.74) is 6.00. The Hall–Kier alpha value is -1.05. The molecule has 0 saturated heterocycles. The highest BCUT2D eigenvalue weighted by molar-refractivity contribution is 5.52. The molecule has 0 heterocycles. The van der Waals surface area contributed by atoms with Gasteiger partial charge in [-0.05, 0) is 13.8 Å². The van der Waals surface area contributed by atoms with Gasteiger partial charge in [0.2, 0.25) is 0 Å². The fraction of sp³-hybridized carbons (Fsp3) is 0.857. The first-order valence-corrected chi connectivity index (χ1v) is 4.07. The normalized spacial score (nSPS) is 14.3. The van der Waals surface area contributed by atoms with Crippen molar-refractivity contribution in [2.75, 3.05) is 13.2 Å². The highest BCUT2D eigenvalue weighted by Crippen LogP contribution is 1.90. The molecule has 0 bridgehead atoms. The molecule has 0 aromatic rings. The lowest BCUT2D eigenvalue weighted by molar-refractivity contribution is -0.0177. The van der Waals surface area contributed by atoms with Crippen LogP contribution in [0.25, 0.3) is 0 Å². The first-order chi connectivity index (χ1) is 6.58. The molecule has 0 amide bonds. The van der Waals surface area contributed by atoms with E-state index in [-0.39, 0.29) is 12.7 Å². The Labute approximate surface area is 83.1 Å². The predicted octanol–water partition coefficient (Wildman–Crippen LogP) is -0.316. The average Bonchev–Trinajstić information content (AvgIpc) is 2.16. The Morgan fingerprint density at radius 3 is 2.36 bits per heavy atom. The van der Waals surface area contributed by atoms with Crippen molar-refractivity contribution in [1.29, 1.82) is 5.53 Å². The monoisotopic (exact) mass is 206 g/mol. The fourth-order valence-electron chi connectivity index (χ4n) is 0.390. The summed E-state index contributed by atoms with van der Waals surface area (Å²) >= 11 is 0. The molecule has 7 nitrogen and oxygen atoms in total. The van der Waals surface area contributed by atoms with Gasteiger partial charge in [-0.2, -0.15) is 5.10 Å². The fourth-order valence-corrected chi connectivity index (χ4v) is 0.390. The number of hydrazone groups is 1. The van der Waals surface area contributed by atoms with Crippen molar-refractivity contribution in [3.05, 3.63) is 0 Å². The van der Waals surface area contributed by atoms with Crippen LogP contribution in [0.2, 0.25) is 0 Å². The van der Waals surface area contributed by atoms with E-state index in [4.69, 9.17) is 20.5 Å². The third-order valence-electron chi connectivity index (χ3n) is 1.00. The largest absolute Gasteiger partial charge is 0.394 e. The molecule has 14 heavy (non-hydrogen) atoms. The maximum Gasteiger partial charge on any atom is 0.156 e. The summed E-state index contributed by atoms with van der Waals surface area (Å²) in [7, 11) is 0. The molecule has 0 aliphatic carbocycles. The van der Waals surface area contributed by atoms with E-state index in [0.717, 1.165) is 6.34 Å². The second-order valence-electron chi connectivity index (χ2n) is 2.57. The molecule has 5 N–H and O–H groups in total. The first-order valence-electron chi connectivity index (χ1n) is 4.07. The van der Waals surface area contributed by atoms with Crippen LogP contribution in [0.5, 0.6) is 0 Å². The van der Waals surface area contributed by atoms with Gasteiger partial charge in [0.25, 0.3) is 0 Å². The molecule has 0 aliphatic heterocycles. The zero-order chi connectivity index (χ0) is 11.4. The minimum atomic E-state index is -0.445. The van der Waals surface area contributed by atoms with Gasteiger partial charge in [-0.15, -0.1) is 5.11 Å². The molecule has 0 fully saturated rings. The van der Waals surface area contributed by atoms with Gasteiger partial charge in [-0.1, -0.05) is 0 Å². The van der Waals surface area contributed by atoms with Crippen LogP contribution in [0.1, 0.15) is 13.8 Å². The average molecular weight is 206 g/mol. The smallest absolute Gasteiger partial charge is 0.156 e. The van der Waals surface area contributed by atoms with Gasteiger partial charge in [0, 0.05) is 0 Å². The number of hydrogen-bond donors (Lipinski definition) is 4. The number of ether oxygens (including phenoxy) is 1. The lowest BCUT2D eigenvalue weighted by atomic mass is 10.4. The summed E-state index contributed by atoms with van der Waals surface area (Å²) in [6.07, 6.45) is 0.332. The van der Waals surface area contributed by atoms with Crippen molar-refractivity contribution in [3.63, 3.8) is 0 Å². The summed E-state index contributed by atoms with van der Waals surface area (Å²) in [5, 5.41) is 22.7. The molecular formula is C7H18N4O3. The van der Waals surface area contributed by atoms with Gasteiger partial charge in [-0.25, -0.2) is 5.53 Å². The van der Waals surface area contributed by atoms with Crippen LogP contribution in [-0.4, -0.2) is 42.0 Å². The topological polar surface area (TPSA) is 124 Å². The van der Waals surface area contributed by atoms with Crippen molar-refractivity contribution in [2.45, 2.75) is 26.1 Å². The number of aliphatic hydroxyl groups excluding tert-OH is 2. The van der Waals surface area contributed by atoms with Gasteiger partial charge in [0.15, 0.2) is 6.34 Å². The molecule has 2 atom stereocenters. The molecule has 7 heteroatoms. The van der Waals surface area contributed by atoms with Crippen LogP contribution in [-0.2, 0) is 4.74 Å². The highest BCUT2D eigenvalue weighted by atomic mass is 16.5. The van der Waals surface area contributed by atoms with E-state index in [0.29, 0.717) is 6.61 Å². The van der Waals surface area contributed by atoms with E-state index in [2.05, 4.69) is 16.1 Å². The number of nitrogens with two attached hydrogens (primary N) is 1. The SMILES string of the molecule is CC(O)COC(C)CO.N=NC=NN. The third-order valence-corrected chi connectivity index (χ3v) is 1.00. The zero-order valence-electron chi connectivity index (χ0n) is 8.42. The number of nitrogens with zero attached hydrogens (tertiary/aromatic N) is 2. The Morgan fingerprint density at radius 2 is 2.14 bits per heavy atom. The van der Waals surface area contributed by atoms with E-state index in [1.54, 1.807) is 13.8 Å². The third kappa shape index (κ3) is 17.2. The molecule has 0 spiro atoms. The van der Waals surface area contributed by atoms with E-state index >= 15 is 0 Å². The Morgan fingerprint density at radius 1 is 1.57 bits per heavy atom. The Balaban J connectivity index is 0. The molecule has 0 saturated carbocycles. The molecule has 2 unspecified atom stereocenters. The molecular weight excluding hydrogens is 188 g/mol. The van der Waals surface area contributed by atoms with Crippen molar-refractivity contribution < 1.29 is 14.9 Å². The maximum absolute atomic E-state index is 8.69. The second kappa shape index (κ2) is 11.9. The van der Waals surface area contributed by atoms with E-state index in [1.165, 1.54) is 0 Å². The summed E-state index contributed by atoms with van der Waals surface area (Å²) in [6.45, 7) is 3.70. The van der Waals surface area contributed by atoms with E-state index in [9.17, 15) is 0 Å². The van der Waals surface area contributed by atoms with Gasteiger partial charge in [-0.3, -0.25) is 0 Å². The Bertz CT molecular complexity index is 152. The van der Waals surface area contributed by atoms with Gasteiger partial charge < -0.3 is 20.8 Å². The summed E-state index contributed by atoms with van der Waals surface area (Å²) in [4.78, 5) is 0. The standard InChI is InChI=1S/C6H14O3.CH4N4/c1-5(8)4-9-6(2)3-7;2-4-1-5-3/h5-8H,3-4H2,1-2H3;1-2H,3H2. The maximum atomic E-state index is 8.69. The van der Waals surface area contributed by atoms with E-state index < -0.39 is 6.10 Å². The Kier molecular flexibility index (Phi) is 13.2. The van der Waals surface area contributed by atoms with Gasteiger partial charge in [0.1, 0.15) is 0 Å². The molecule has 0 aromatic heterocycles. The van der Waals surface area contributed by atoms with Crippen LogP contribution in [0.15, 0.2) is 10.2 Å². The van der Waals surface area contributed by atoms with Crippen LogP contribution >= 0.6 is 0 Å². The van der Waals surface area contributed by atoms with Crippen molar-refractivity contribution >= 4 is 6.34 Å². The second-order valence-corrected chi connectivity index (χ2v) is 2.57. The minimum absolute atomic E-state index is 0.00667. The van der Waals surface area contributed by atoms with Crippen LogP contribution in [0.4, 0.5) is 0 Å². The highest BCUT2D eigenvalue weighted by Gasteiger charge is 2.00. The van der Waals surface area contributed by atoms with Crippen LogP contribution in [0, 0.1) is 5.53 Å². The number of hydrogen-bond acceptors (Lipinski definition) is 6. The van der Waals surface area contributed by atoms with Gasteiger partial charge >= 0.3 is 0 Å². The minimum Gasteiger partial charge on any atom is -0.394 e. The molecule has 0 rings (SSSR count). The summed E-state index contributed by atoms with van der Waals surface area (Å²) < 4.78 is 4.95. The van der Waals surface area contributed by atoms with Crippen molar-refractivity contribution in [2.24, 2.45) is 16.1 Å². The predicted molar refractivity (Wildman–Crippen MR) is 52.0 cm³/mol. The van der Waals surface area contributed by atoms with Gasteiger partial charge in [0.05, 0.1) is 25.4 Å². The number of nitrogens with one attached hydrogen (secondary N) is 1. The number of rotatable bonds is 5. The summed E-state index contributed by atoms with van der Waals surface area (Å²) in [6, 6.07) is 0. The van der Waals surface area contributed by atoms with E-state index in [1.807, 2.05) is 0 Å². The van der Waals surface area contributed by atoms with Crippen molar-refractivity contribution in [3.8, 4) is 0 Å². The molecule has 0 aliphatic rings.